The highest BCUT2D eigenvalue weighted by molar-refractivity contribution is 14.0. The Kier molecular flexibility index (Phi) is 9.93. The Balaban J connectivity index is 0.00000300. The maximum Gasteiger partial charge on any atom is 0.194 e. The van der Waals surface area contributed by atoms with Gasteiger partial charge in [-0.2, -0.15) is 0 Å². The number of rotatable bonds is 7. The molecule has 1 saturated heterocycles. The number of benzene rings is 1. The molecule has 1 aliphatic heterocycles. The molecular weight excluding hydrogens is 477 g/mol. The topological polar surface area (TPSA) is 54.7 Å². The monoisotopic (exact) mass is 511 g/mol. The lowest BCUT2D eigenvalue weighted by atomic mass is 9.93. The summed E-state index contributed by atoms with van der Waals surface area (Å²) in [4.78, 5) is 11.5. The van der Waals surface area contributed by atoms with Gasteiger partial charge in [0.15, 0.2) is 5.96 Å². The van der Waals surface area contributed by atoms with Gasteiger partial charge in [-0.15, -0.1) is 24.0 Å². The molecule has 2 atom stereocenters. The zero-order valence-electron chi connectivity index (χ0n) is 17.8. The van der Waals surface area contributed by atoms with Crippen molar-refractivity contribution in [1.29, 1.82) is 0 Å². The van der Waals surface area contributed by atoms with Crippen LogP contribution in [-0.2, 0) is 17.9 Å². The SMILES string of the molecule is CCNC(=NCc1ccc(COCC)cc1)N1CCC(C)C(n2ccnc2)C1.I. The number of piperidine rings is 1. The summed E-state index contributed by atoms with van der Waals surface area (Å²) in [6.07, 6.45) is 7.01. The second-order valence-electron chi connectivity index (χ2n) is 7.41. The molecule has 2 heterocycles. The Bertz CT molecular complexity index is 732. The number of halogens is 1. The van der Waals surface area contributed by atoms with Crippen LogP contribution in [0.25, 0.3) is 0 Å². The summed E-state index contributed by atoms with van der Waals surface area (Å²) < 4.78 is 7.70. The fourth-order valence-electron chi connectivity index (χ4n) is 3.65. The lowest BCUT2D eigenvalue weighted by Gasteiger charge is -2.39. The number of likely N-dealkylation sites (tertiary alicyclic amines) is 1. The number of nitrogens with one attached hydrogen (secondary N) is 1. The van der Waals surface area contributed by atoms with Gasteiger partial charge in [-0.05, 0) is 37.3 Å². The number of aromatic nitrogens is 2. The van der Waals surface area contributed by atoms with Crippen LogP contribution in [0.15, 0.2) is 48.0 Å². The van der Waals surface area contributed by atoms with Crippen molar-refractivity contribution in [3.63, 3.8) is 0 Å². The van der Waals surface area contributed by atoms with E-state index in [0.717, 1.165) is 38.6 Å². The van der Waals surface area contributed by atoms with Crippen LogP contribution in [0, 0.1) is 5.92 Å². The summed E-state index contributed by atoms with van der Waals surface area (Å²) in [5, 5.41) is 3.47. The molecule has 29 heavy (non-hydrogen) atoms. The molecule has 0 radical (unpaired) electrons. The molecule has 7 heteroatoms. The first-order chi connectivity index (χ1) is 13.7. The summed E-state index contributed by atoms with van der Waals surface area (Å²) in [7, 11) is 0. The first-order valence-electron chi connectivity index (χ1n) is 10.4. The van der Waals surface area contributed by atoms with Gasteiger partial charge in [0.1, 0.15) is 0 Å². The van der Waals surface area contributed by atoms with Gasteiger partial charge in [0.05, 0.1) is 25.5 Å². The third-order valence-corrected chi connectivity index (χ3v) is 5.37. The molecule has 0 bridgehead atoms. The molecule has 160 valence electrons. The molecule has 1 aromatic carbocycles. The number of guanidine groups is 1. The number of ether oxygens (including phenoxy) is 1. The molecule has 0 saturated carbocycles. The normalized spacial score (nSPS) is 19.7. The minimum absolute atomic E-state index is 0. The van der Waals surface area contributed by atoms with Crippen molar-refractivity contribution >= 4 is 29.9 Å². The molecule has 0 aliphatic carbocycles. The first kappa shape index (κ1) is 23.7. The minimum Gasteiger partial charge on any atom is -0.377 e. The maximum absolute atomic E-state index is 5.47. The van der Waals surface area contributed by atoms with Gasteiger partial charge in [0, 0.05) is 38.6 Å². The third-order valence-electron chi connectivity index (χ3n) is 5.37. The molecule has 6 nitrogen and oxygen atoms in total. The standard InChI is InChI=1S/C22H33N5O.HI/c1-4-24-22(25-14-19-6-8-20(9-7-19)16-28-5-2)26-12-10-18(3)21(15-26)27-13-11-23-17-27;/h6-9,11,13,17-18,21H,4-5,10,12,14-16H2,1-3H3,(H,24,25);1H. The minimum atomic E-state index is 0. The number of imidazole rings is 1. The Morgan fingerprint density at radius 3 is 2.66 bits per heavy atom. The highest BCUT2D eigenvalue weighted by Crippen LogP contribution is 2.27. The van der Waals surface area contributed by atoms with E-state index < -0.39 is 0 Å². The van der Waals surface area contributed by atoms with Gasteiger partial charge < -0.3 is 19.5 Å². The molecule has 1 aromatic heterocycles. The molecule has 1 aliphatic rings. The summed E-state index contributed by atoms with van der Waals surface area (Å²) in [6.45, 7) is 11.4. The molecule has 3 rings (SSSR count). The number of hydrogen-bond donors (Lipinski definition) is 1. The maximum atomic E-state index is 5.47. The third kappa shape index (κ3) is 6.70. The Morgan fingerprint density at radius 2 is 2.00 bits per heavy atom. The van der Waals surface area contributed by atoms with Gasteiger partial charge in [-0.25, -0.2) is 9.98 Å². The van der Waals surface area contributed by atoms with E-state index in [9.17, 15) is 0 Å². The van der Waals surface area contributed by atoms with E-state index in [1.54, 1.807) is 0 Å². The van der Waals surface area contributed by atoms with Crippen molar-refractivity contribution < 1.29 is 4.74 Å². The summed E-state index contributed by atoms with van der Waals surface area (Å²) in [5.41, 5.74) is 2.42. The average Bonchev–Trinajstić information content (AvgIpc) is 3.25. The van der Waals surface area contributed by atoms with Crippen molar-refractivity contribution in [3.8, 4) is 0 Å². The van der Waals surface area contributed by atoms with Crippen LogP contribution in [0.1, 0.15) is 44.4 Å². The van der Waals surface area contributed by atoms with Gasteiger partial charge in [-0.1, -0.05) is 31.2 Å². The second-order valence-corrected chi connectivity index (χ2v) is 7.41. The van der Waals surface area contributed by atoms with Crippen molar-refractivity contribution in [2.75, 3.05) is 26.2 Å². The van der Waals surface area contributed by atoms with Gasteiger partial charge in [0.25, 0.3) is 0 Å². The highest BCUT2D eigenvalue weighted by atomic mass is 127. The van der Waals surface area contributed by atoms with Crippen LogP contribution < -0.4 is 5.32 Å². The van der Waals surface area contributed by atoms with Crippen LogP contribution >= 0.6 is 24.0 Å². The zero-order chi connectivity index (χ0) is 19.8. The molecular formula is C22H34IN5O. The fourth-order valence-corrected chi connectivity index (χ4v) is 3.65. The van der Waals surface area contributed by atoms with E-state index in [4.69, 9.17) is 9.73 Å². The van der Waals surface area contributed by atoms with Crippen molar-refractivity contribution in [1.82, 2.24) is 19.8 Å². The number of nitrogens with zero attached hydrogens (tertiary/aromatic N) is 4. The predicted octanol–water partition coefficient (Wildman–Crippen LogP) is 4.09. The second kappa shape index (κ2) is 12.2. The van der Waals surface area contributed by atoms with Crippen LogP contribution in [0.4, 0.5) is 0 Å². The molecule has 0 amide bonds. The van der Waals surface area contributed by atoms with E-state index in [2.05, 4.69) is 64.1 Å². The summed E-state index contributed by atoms with van der Waals surface area (Å²) in [6, 6.07) is 8.98. The van der Waals surface area contributed by atoms with Gasteiger partial charge >= 0.3 is 0 Å². The first-order valence-corrected chi connectivity index (χ1v) is 10.4. The van der Waals surface area contributed by atoms with Crippen LogP contribution in [0.5, 0.6) is 0 Å². The molecule has 2 aromatic rings. The van der Waals surface area contributed by atoms with Gasteiger partial charge in [0.2, 0.25) is 0 Å². The van der Waals surface area contributed by atoms with Crippen LogP contribution in [0.3, 0.4) is 0 Å². The van der Waals surface area contributed by atoms with E-state index in [1.165, 1.54) is 11.1 Å². The zero-order valence-corrected chi connectivity index (χ0v) is 20.1. The Labute approximate surface area is 191 Å². The molecule has 1 N–H and O–H groups in total. The summed E-state index contributed by atoms with van der Waals surface area (Å²) >= 11 is 0. The lowest BCUT2D eigenvalue weighted by molar-refractivity contribution is 0.134. The highest BCUT2D eigenvalue weighted by Gasteiger charge is 2.28. The Morgan fingerprint density at radius 1 is 1.24 bits per heavy atom. The molecule has 0 spiro atoms. The smallest absolute Gasteiger partial charge is 0.194 e. The van der Waals surface area contributed by atoms with Crippen LogP contribution in [0.2, 0.25) is 0 Å². The predicted molar refractivity (Wildman–Crippen MR) is 129 cm³/mol. The van der Waals surface area contributed by atoms with Crippen molar-refractivity contribution in [3.05, 3.63) is 54.1 Å². The van der Waals surface area contributed by atoms with Crippen molar-refractivity contribution in [2.45, 2.75) is 46.4 Å². The van der Waals surface area contributed by atoms with Crippen LogP contribution in [-0.4, -0.2) is 46.7 Å². The number of aliphatic imine (C=N–C) groups is 1. The van der Waals surface area contributed by atoms with E-state index in [0.29, 0.717) is 25.1 Å². The summed E-state index contributed by atoms with van der Waals surface area (Å²) in [5.74, 6) is 1.63. The number of hydrogen-bond acceptors (Lipinski definition) is 3. The molecule has 1 fully saturated rings. The Hall–Kier alpha value is -1.61. The molecule has 2 unspecified atom stereocenters. The van der Waals surface area contributed by atoms with Gasteiger partial charge in [-0.3, -0.25) is 0 Å². The van der Waals surface area contributed by atoms with Crippen molar-refractivity contribution in [2.24, 2.45) is 10.9 Å². The van der Waals surface area contributed by atoms with E-state index in [-0.39, 0.29) is 24.0 Å². The quantitative estimate of drug-likeness (QED) is 0.346. The largest absolute Gasteiger partial charge is 0.377 e. The van der Waals surface area contributed by atoms with E-state index in [1.807, 2.05) is 19.4 Å². The average molecular weight is 511 g/mol. The van der Waals surface area contributed by atoms with E-state index >= 15 is 0 Å². The lowest BCUT2D eigenvalue weighted by Crippen LogP contribution is -2.49. The fraction of sp³-hybridized carbons (Fsp3) is 0.545.